The topological polar surface area (TPSA) is 94.8 Å². The van der Waals surface area contributed by atoms with Crippen molar-refractivity contribution in [3.63, 3.8) is 0 Å². The highest BCUT2D eigenvalue weighted by molar-refractivity contribution is 5.89. The van der Waals surface area contributed by atoms with Crippen LogP contribution in [0.3, 0.4) is 0 Å². The van der Waals surface area contributed by atoms with Gasteiger partial charge in [0.1, 0.15) is 18.0 Å². The smallest absolute Gasteiger partial charge is 0.190 e. The Hall–Kier alpha value is -0.780. The van der Waals surface area contributed by atoms with Crippen molar-refractivity contribution in [2.75, 3.05) is 6.61 Å². The molecule has 4 aliphatic carbocycles. The first-order valence-electron chi connectivity index (χ1n) is 10.2. The molecule has 0 spiro atoms. The lowest BCUT2D eigenvalue weighted by Crippen LogP contribution is -2.63. The van der Waals surface area contributed by atoms with Crippen LogP contribution in [0.25, 0.3) is 0 Å². The van der Waals surface area contributed by atoms with E-state index in [1.54, 1.807) is 0 Å². The molecule has 3 N–H and O–H groups in total. The summed E-state index contributed by atoms with van der Waals surface area (Å²) >= 11 is 0. The average molecular weight is 364 g/mol. The zero-order valence-electron chi connectivity index (χ0n) is 15.9. The Morgan fingerprint density at radius 2 is 1.92 bits per heavy atom. The van der Waals surface area contributed by atoms with Gasteiger partial charge in [0.05, 0.1) is 6.10 Å². The second-order valence-corrected chi connectivity index (χ2v) is 9.99. The van der Waals surface area contributed by atoms with Crippen molar-refractivity contribution in [2.24, 2.45) is 34.5 Å². The molecule has 0 unspecified atom stereocenters. The fraction of sp³-hybridized carbons (Fsp3) is 0.905. The summed E-state index contributed by atoms with van der Waals surface area (Å²) in [4.78, 5) is 24.3. The predicted octanol–water partition coefficient (Wildman–Crippen LogP) is 1.86. The summed E-state index contributed by atoms with van der Waals surface area (Å²) < 4.78 is 0. The van der Waals surface area contributed by atoms with Gasteiger partial charge >= 0.3 is 0 Å². The molecule has 0 amide bonds. The van der Waals surface area contributed by atoms with Crippen LogP contribution in [0.5, 0.6) is 0 Å². The number of rotatable bonds is 2. The number of aliphatic hydroxyl groups is 3. The highest BCUT2D eigenvalue weighted by Crippen LogP contribution is 2.68. The molecule has 0 saturated heterocycles. The van der Waals surface area contributed by atoms with Crippen LogP contribution in [0.4, 0.5) is 0 Å². The number of fused-ring (bicyclic) bond motifs is 5. The average Bonchev–Trinajstić information content (AvgIpc) is 2.86. The van der Waals surface area contributed by atoms with Gasteiger partial charge in [0.25, 0.3) is 0 Å². The molecular weight excluding hydrogens is 332 g/mol. The summed E-state index contributed by atoms with van der Waals surface area (Å²) in [5.41, 5.74) is -2.24. The largest absolute Gasteiger partial charge is 0.393 e. The van der Waals surface area contributed by atoms with E-state index in [9.17, 15) is 24.9 Å². The third-order valence-electron chi connectivity index (χ3n) is 9.17. The van der Waals surface area contributed by atoms with E-state index < -0.39 is 29.5 Å². The van der Waals surface area contributed by atoms with Crippen molar-refractivity contribution in [1.29, 1.82) is 0 Å². The molecule has 0 bridgehead atoms. The van der Waals surface area contributed by atoms with E-state index in [-0.39, 0.29) is 23.2 Å². The lowest BCUT2D eigenvalue weighted by molar-refractivity contribution is -0.198. The van der Waals surface area contributed by atoms with Crippen LogP contribution in [0, 0.1) is 34.5 Å². The summed E-state index contributed by atoms with van der Waals surface area (Å²) in [6.45, 7) is 3.55. The number of aliphatic hydroxyl groups excluding tert-OH is 2. The number of Topliss-reactive ketones (excluding diaryl/α,β-unsaturated/α-hetero) is 2. The van der Waals surface area contributed by atoms with Crippen LogP contribution in [0.2, 0.25) is 0 Å². The number of carbonyl (C=O) groups excluding carboxylic acids is 2. The van der Waals surface area contributed by atoms with Crippen molar-refractivity contribution >= 4 is 11.6 Å². The quantitative estimate of drug-likeness (QED) is 0.695. The standard InChI is InChI=1S/C21H32O5/c1-19-7-5-13(23)9-12(19)3-4-14-15-6-8-21(26,17(25)11-22)20(15,2)10-16(24)18(14)19/h12,14-16,18,22,24,26H,3-11H2,1-2H3/t12-,14-,15-,16-,18+,19-,20-,21-/m0/s1. The lowest BCUT2D eigenvalue weighted by Gasteiger charge is -2.62. The first kappa shape index (κ1) is 18.6. The van der Waals surface area contributed by atoms with Gasteiger partial charge < -0.3 is 15.3 Å². The van der Waals surface area contributed by atoms with Crippen molar-refractivity contribution in [2.45, 2.75) is 76.9 Å². The van der Waals surface area contributed by atoms with Gasteiger partial charge in [-0.3, -0.25) is 9.59 Å². The molecule has 4 aliphatic rings. The monoisotopic (exact) mass is 364 g/mol. The van der Waals surface area contributed by atoms with E-state index in [1.807, 2.05) is 6.92 Å². The van der Waals surface area contributed by atoms with E-state index >= 15 is 0 Å². The van der Waals surface area contributed by atoms with Crippen LogP contribution in [0.1, 0.15) is 65.2 Å². The van der Waals surface area contributed by atoms with Gasteiger partial charge in [0.15, 0.2) is 5.78 Å². The van der Waals surface area contributed by atoms with Crippen molar-refractivity contribution in [3.8, 4) is 0 Å². The van der Waals surface area contributed by atoms with Crippen LogP contribution in [-0.2, 0) is 9.59 Å². The molecule has 0 radical (unpaired) electrons. The number of carbonyl (C=O) groups is 2. The number of ketones is 2. The van der Waals surface area contributed by atoms with Crippen LogP contribution in [-0.4, -0.2) is 45.2 Å². The molecule has 8 atom stereocenters. The molecule has 5 nitrogen and oxygen atoms in total. The van der Waals surface area contributed by atoms with Crippen molar-refractivity contribution in [3.05, 3.63) is 0 Å². The maximum absolute atomic E-state index is 12.4. The van der Waals surface area contributed by atoms with Crippen molar-refractivity contribution < 1.29 is 24.9 Å². The summed E-state index contributed by atoms with van der Waals surface area (Å²) in [5, 5.41) is 31.8. The Balaban J connectivity index is 1.70. The second-order valence-electron chi connectivity index (χ2n) is 9.99. The molecule has 0 aliphatic heterocycles. The normalized spacial score (nSPS) is 53.6. The van der Waals surface area contributed by atoms with Crippen LogP contribution >= 0.6 is 0 Å². The Morgan fingerprint density at radius 1 is 1.19 bits per heavy atom. The highest BCUT2D eigenvalue weighted by Gasteiger charge is 2.68. The molecule has 0 aromatic rings. The Morgan fingerprint density at radius 3 is 2.62 bits per heavy atom. The lowest BCUT2D eigenvalue weighted by atomic mass is 9.43. The molecule has 0 heterocycles. The molecule has 0 aromatic heterocycles. The van der Waals surface area contributed by atoms with E-state index in [0.29, 0.717) is 37.4 Å². The maximum Gasteiger partial charge on any atom is 0.190 e. The Kier molecular flexibility index (Phi) is 4.18. The molecule has 5 heteroatoms. The SMILES string of the molecule is C[C@]12CCC(=O)C[C@@H]1CC[C@@H]1[C@@H]2[C@@H](O)C[C@@]2(C)[C@H]1CC[C@]2(O)C(=O)CO. The molecule has 0 aromatic carbocycles. The zero-order chi connectivity index (χ0) is 18.9. The molecule has 146 valence electrons. The van der Waals surface area contributed by atoms with Gasteiger partial charge in [-0.25, -0.2) is 0 Å². The van der Waals surface area contributed by atoms with Gasteiger partial charge in [-0.05, 0) is 67.6 Å². The van der Waals surface area contributed by atoms with Crippen molar-refractivity contribution in [1.82, 2.24) is 0 Å². The molecule has 26 heavy (non-hydrogen) atoms. The Bertz CT molecular complexity index is 632. The molecular formula is C21H32O5. The van der Waals surface area contributed by atoms with E-state index in [4.69, 9.17) is 0 Å². The van der Waals surface area contributed by atoms with E-state index in [0.717, 1.165) is 25.7 Å². The third kappa shape index (κ3) is 2.20. The first-order valence-corrected chi connectivity index (χ1v) is 10.2. The second kappa shape index (κ2) is 5.86. The molecule has 4 rings (SSSR count). The molecule has 4 fully saturated rings. The first-order chi connectivity index (χ1) is 12.2. The fourth-order valence-electron chi connectivity index (χ4n) is 7.76. The van der Waals surface area contributed by atoms with E-state index in [2.05, 4.69) is 6.92 Å². The van der Waals surface area contributed by atoms with E-state index in [1.165, 1.54) is 0 Å². The van der Waals surface area contributed by atoms with Gasteiger partial charge in [0.2, 0.25) is 0 Å². The molecule has 4 saturated carbocycles. The number of hydrogen-bond acceptors (Lipinski definition) is 5. The van der Waals surface area contributed by atoms with Crippen LogP contribution in [0.15, 0.2) is 0 Å². The maximum atomic E-state index is 12.4. The minimum Gasteiger partial charge on any atom is -0.393 e. The fourth-order valence-corrected chi connectivity index (χ4v) is 7.76. The zero-order valence-corrected chi connectivity index (χ0v) is 15.9. The summed E-state index contributed by atoms with van der Waals surface area (Å²) in [6, 6.07) is 0. The Labute approximate surface area is 155 Å². The minimum absolute atomic E-state index is 0.0285. The summed E-state index contributed by atoms with van der Waals surface area (Å²) in [6.07, 6.45) is 5.02. The minimum atomic E-state index is -1.53. The predicted molar refractivity (Wildman–Crippen MR) is 95.2 cm³/mol. The number of hydrogen-bond donors (Lipinski definition) is 3. The summed E-state index contributed by atoms with van der Waals surface area (Å²) in [7, 11) is 0. The van der Waals surface area contributed by atoms with Gasteiger partial charge in [-0.2, -0.15) is 0 Å². The van der Waals surface area contributed by atoms with Gasteiger partial charge in [0, 0.05) is 18.3 Å². The van der Waals surface area contributed by atoms with Gasteiger partial charge in [-0.1, -0.05) is 13.8 Å². The van der Waals surface area contributed by atoms with Crippen LogP contribution < -0.4 is 0 Å². The van der Waals surface area contributed by atoms with Gasteiger partial charge in [-0.15, -0.1) is 0 Å². The highest BCUT2D eigenvalue weighted by atomic mass is 16.3. The third-order valence-corrected chi connectivity index (χ3v) is 9.17. The summed E-state index contributed by atoms with van der Waals surface area (Å²) in [5.74, 6) is 0.800.